The molecule has 6 heteroatoms. The standard InChI is InChI=1S/C23H27F2N3O/c24-18-6-3-5-17(15-18)16-27-13-10-19(11-14-27)26-21-8-4-12-28(23(21)29)22-9-2-1-7-20(22)25/h1-3,5-7,9,15,19,21,26H,4,8,10-14,16H2/t21-/m0/s1. The van der Waals surface area contributed by atoms with Crippen molar-refractivity contribution in [2.24, 2.45) is 0 Å². The molecule has 2 heterocycles. The topological polar surface area (TPSA) is 35.6 Å². The summed E-state index contributed by atoms with van der Waals surface area (Å²) in [7, 11) is 0. The maximum absolute atomic E-state index is 14.1. The van der Waals surface area contributed by atoms with Crippen LogP contribution in [-0.4, -0.2) is 42.5 Å². The molecule has 2 aliphatic rings. The number of halogens is 2. The summed E-state index contributed by atoms with van der Waals surface area (Å²) in [5.41, 5.74) is 1.35. The number of anilines is 1. The molecular formula is C23H27F2N3O. The number of benzene rings is 2. The summed E-state index contributed by atoms with van der Waals surface area (Å²) >= 11 is 0. The molecule has 0 aromatic heterocycles. The molecule has 2 fully saturated rings. The lowest BCUT2D eigenvalue weighted by molar-refractivity contribution is -0.122. The summed E-state index contributed by atoms with van der Waals surface area (Å²) in [6.45, 7) is 3.12. The Morgan fingerprint density at radius 2 is 1.76 bits per heavy atom. The molecule has 4 rings (SSSR count). The van der Waals surface area contributed by atoms with Crippen LogP contribution in [0.4, 0.5) is 14.5 Å². The quantitative estimate of drug-likeness (QED) is 0.833. The van der Waals surface area contributed by atoms with E-state index in [-0.39, 0.29) is 29.6 Å². The molecule has 0 bridgehead atoms. The number of hydrogen-bond donors (Lipinski definition) is 1. The lowest BCUT2D eigenvalue weighted by atomic mass is 9.98. The minimum atomic E-state index is -0.354. The highest BCUT2D eigenvalue weighted by Crippen LogP contribution is 2.25. The van der Waals surface area contributed by atoms with Gasteiger partial charge >= 0.3 is 0 Å². The number of hydrogen-bond acceptors (Lipinski definition) is 3. The average molecular weight is 399 g/mol. The van der Waals surface area contributed by atoms with Crippen LogP contribution >= 0.6 is 0 Å². The van der Waals surface area contributed by atoms with Crippen LogP contribution in [0.3, 0.4) is 0 Å². The Morgan fingerprint density at radius 1 is 0.966 bits per heavy atom. The third-order valence-corrected chi connectivity index (χ3v) is 5.90. The second-order valence-corrected chi connectivity index (χ2v) is 7.98. The monoisotopic (exact) mass is 399 g/mol. The zero-order chi connectivity index (χ0) is 20.2. The summed E-state index contributed by atoms with van der Waals surface area (Å²) in [6, 6.07) is 13.2. The second kappa shape index (κ2) is 9.01. The van der Waals surface area contributed by atoms with Gasteiger partial charge in [-0.2, -0.15) is 0 Å². The van der Waals surface area contributed by atoms with E-state index >= 15 is 0 Å². The van der Waals surface area contributed by atoms with Crippen molar-refractivity contribution in [1.82, 2.24) is 10.2 Å². The molecule has 1 amide bonds. The average Bonchev–Trinajstić information content (AvgIpc) is 2.72. The molecule has 0 spiro atoms. The second-order valence-electron chi connectivity index (χ2n) is 7.98. The number of carbonyl (C=O) groups is 1. The van der Waals surface area contributed by atoms with Gasteiger partial charge in [0.2, 0.25) is 5.91 Å². The van der Waals surface area contributed by atoms with Crippen LogP contribution in [0.2, 0.25) is 0 Å². The van der Waals surface area contributed by atoms with Gasteiger partial charge in [0.05, 0.1) is 11.7 Å². The van der Waals surface area contributed by atoms with Gasteiger partial charge in [0.1, 0.15) is 11.6 Å². The van der Waals surface area contributed by atoms with Gasteiger partial charge in [-0.25, -0.2) is 8.78 Å². The van der Waals surface area contributed by atoms with Crippen molar-refractivity contribution in [2.45, 2.75) is 44.3 Å². The fraction of sp³-hybridized carbons (Fsp3) is 0.435. The Labute approximate surface area is 170 Å². The molecule has 1 atom stereocenters. The molecule has 2 aromatic carbocycles. The number of nitrogens with one attached hydrogen (secondary N) is 1. The van der Waals surface area contributed by atoms with Crippen molar-refractivity contribution in [3.63, 3.8) is 0 Å². The first-order valence-electron chi connectivity index (χ1n) is 10.4. The molecule has 2 saturated heterocycles. The van der Waals surface area contributed by atoms with E-state index in [0.29, 0.717) is 12.2 Å². The molecule has 0 aliphatic carbocycles. The van der Waals surface area contributed by atoms with E-state index in [1.807, 2.05) is 6.07 Å². The highest BCUT2D eigenvalue weighted by Gasteiger charge is 2.33. The molecule has 29 heavy (non-hydrogen) atoms. The largest absolute Gasteiger partial charge is 0.308 e. The molecule has 0 unspecified atom stereocenters. The maximum Gasteiger partial charge on any atom is 0.244 e. The zero-order valence-corrected chi connectivity index (χ0v) is 16.5. The number of nitrogens with zero attached hydrogens (tertiary/aromatic N) is 2. The van der Waals surface area contributed by atoms with Crippen molar-refractivity contribution in [2.75, 3.05) is 24.5 Å². The molecule has 1 N–H and O–H groups in total. The molecular weight excluding hydrogens is 372 g/mol. The predicted molar refractivity (Wildman–Crippen MR) is 110 cm³/mol. The van der Waals surface area contributed by atoms with Gasteiger partial charge in [0.15, 0.2) is 0 Å². The Bertz CT molecular complexity index is 852. The number of amides is 1. The van der Waals surface area contributed by atoms with Gasteiger partial charge in [-0.3, -0.25) is 9.69 Å². The molecule has 2 aromatic rings. The normalized spacial score (nSPS) is 21.5. The van der Waals surface area contributed by atoms with Crippen LogP contribution in [0.1, 0.15) is 31.2 Å². The van der Waals surface area contributed by atoms with Gasteiger partial charge in [-0.15, -0.1) is 0 Å². The van der Waals surface area contributed by atoms with E-state index < -0.39 is 0 Å². The van der Waals surface area contributed by atoms with Gasteiger partial charge in [0.25, 0.3) is 0 Å². The van der Waals surface area contributed by atoms with Crippen LogP contribution in [0.25, 0.3) is 0 Å². The van der Waals surface area contributed by atoms with E-state index in [9.17, 15) is 13.6 Å². The van der Waals surface area contributed by atoms with Crippen LogP contribution in [-0.2, 0) is 11.3 Å². The summed E-state index contributed by atoms with van der Waals surface area (Å²) in [6.07, 6.45) is 3.53. The van der Waals surface area contributed by atoms with Crippen molar-refractivity contribution in [3.05, 3.63) is 65.7 Å². The Morgan fingerprint density at radius 3 is 2.52 bits per heavy atom. The van der Waals surface area contributed by atoms with E-state index in [0.717, 1.165) is 50.9 Å². The van der Waals surface area contributed by atoms with Crippen molar-refractivity contribution < 1.29 is 13.6 Å². The lowest BCUT2D eigenvalue weighted by Gasteiger charge is -2.38. The third kappa shape index (κ3) is 4.82. The number of likely N-dealkylation sites (tertiary alicyclic amines) is 1. The summed E-state index contributed by atoms with van der Waals surface area (Å²) in [4.78, 5) is 16.8. The van der Waals surface area contributed by atoms with Crippen LogP contribution in [0.5, 0.6) is 0 Å². The molecule has 0 radical (unpaired) electrons. The van der Waals surface area contributed by atoms with Gasteiger partial charge in [-0.1, -0.05) is 24.3 Å². The first kappa shape index (κ1) is 20.0. The van der Waals surface area contributed by atoms with E-state index in [1.165, 1.54) is 12.1 Å². The third-order valence-electron chi connectivity index (χ3n) is 5.90. The summed E-state index contributed by atoms with van der Waals surface area (Å²) in [5, 5.41) is 3.52. The van der Waals surface area contributed by atoms with Crippen LogP contribution < -0.4 is 10.2 Å². The van der Waals surface area contributed by atoms with Crippen molar-refractivity contribution in [3.8, 4) is 0 Å². The Kier molecular flexibility index (Phi) is 6.21. The van der Waals surface area contributed by atoms with E-state index in [1.54, 1.807) is 35.2 Å². The number of carbonyl (C=O) groups excluding carboxylic acids is 1. The molecule has 154 valence electrons. The van der Waals surface area contributed by atoms with Gasteiger partial charge in [-0.05, 0) is 68.6 Å². The summed E-state index contributed by atoms with van der Waals surface area (Å²) < 4.78 is 27.5. The molecule has 4 nitrogen and oxygen atoms in total. The minimum absolute atomic E-state index is 0.0384. The molecule has 2 aliphatic heterocycles. The number of para-hydroxylation sites is 1. The fourth-order valence-corrected chi connectivity index (χ4v) is 4.38. The van der Waals surface area contributed by atoms with Crippen molar-refractivity contribution >= 4 is 11.6 Å². The number of piperidine rings is 2. The highest BCUT2D eigenvalue weighted by molar-refractivity contribution is 5.98. The Hall–Kier alpha value is -2.31. The number of rotatable bonds is 5. The van der Waals surface area contributed by atoms with E-state index in [2.05, 4.69) is 10.2 Å². The van der Waals surface area contributed by atoms with E-state index in [4.69, 9.17) is 0 Å². The van der Waals surface area contributed by atoms with Crippen LogP contribution in [0.15, 0.2) is 48.5 Å². The predicted octanol–water partition coefficient (Wildman–Crippen LogP) is 3.71. The van der Waals surface area contributed by atoms with Crippen LogP contribution in [0, 0.1) is 11.6 Å². The summed E-state index contributed by atoms with van der Waals surface area (Å²) in [5.74, 6) is -0.593. The maximum atomic E-state index is 14.1. The zero-order valence-electron chi connectivity index (χ0n) is 16.5. The van der Waals surface area contributed by atoms with Crippen molar-refractivity contribution in [1.29, 1.82) is 0 Å². The first-order valence-corrected chi connectivity index (χ1v) is 10.4. The van der Waals surface area contributed by atoms with Gasteiger partial charge in [0, 0.05) is 19.1 Å². The first-order chi connectivity index (χ1) is 14.1. The smallest absolute Gasteiger partial charge is 0.244 e. The fourth-order valence-electron chi connectivity index (χ4n) is 4.38. The molecule has 0 saturated carbocycles. The lowest BCUT2D eigenvalue weighted by Crippen LogP contribution is -2.55. The SMILES string of the molecule is O=C1[C@@H](NC2CCN(Cc3cccc(F)c3)CC2)CCCN1c1ccccc1F. The Balaban J connectivity index is 1.31. The minimum Gasteiger partial charge on any atom is -0.308 e. The highest BCUT2D eigenvalue weighted by atomic mass is 19.1. The van der Waals surface area contributed by atoms with Gasteiger partial charge < -0.3 is 10.2 Å².